The third-order valence-electron chi connectivity index (χ3n) is 3.34. The molecule has 0 spiro atoms. The molecule has 2 aromatic carbocycles. The summed E-state index contributed by atoms with van der Waals surface area (Å²) >= 11 is 3.16. The fourth-order valence-electron chi connectivity index (χ4n) is 2.03. The molecule has 2 rings (SSSR count). The topological polar surface area (TPSA) is 49.3 Å². The molecule has 0 fully saturated rings. The van der Waals surface area contributed by atoms with Crippen molar-refractivity contribution >= 4 is 21.8 Å². The number of carbonyl (C=O) groups is 1. The molecule has 0 heterocycles. The third kappa shape index (κ3) is 3.73. The summed E-state index contributed by atoms with van der Waals surface area (Å²) in [6.07, 6.45) is -4.93. The highest BCUT2D eigenvalue weighted by atomic mass is 79.9. The van der Waals surface area contributed by atoms with E-state index in [1.165, 1.54) is 18.2 Å². The lowest BCUT2D eigenvalue weighted by Gasteiger charge is -2.31. The standard InChI is InChI=1S/C16H13BrF3NO2/c17-13-9-5-4-8-12(13)14(22)21-10-15(23,16(18,19)20)11-6-2-1-3-7-11/h1-9,23H,10H2,(H,21,22)/t15-/m0/s1. The van der Waals surface area contributed by atoms with Crippen molar-refractivity contribution in [3.05, 3.63) is 70.2 Å². The van der Waals surface area contributed by atoms with Crippen LogP contribution in [-0.2, 0) is 5.60 Å². The Kier molecular flexibility index (Phi) is 5.11. The lowest BCUT2D eigenvalue weighted by atomic mass is 9.93. The van der Waals surface area contributed by atoms with E-state index in [-0.39, 0.29) is 11.1 Å². The highest BCUT2D eigenvalue weighted by molar-refractivity contribution is 9.10. The first-order valence-corrected chi connectivity index (χ1v) is 7.42. The molecule has 0 aliphatic rings. The van der Waals surface area contributed by atoms with E-state index < -0.39 is 24.2 Å². The van der Waals surface area contributed by atoms with Gasteiger partial charge in [0.1, 0.15) is 0 Å². The Morgan fingerprint density at radius 2 is 1.61 bits per heavy atom. The average Bonchev–Trinajstić information content (AvgIpc) is 2.52. The van der Waals surface area contributed by atoms with Crippen molar-refractivity contribution in [3.8, 4) is 0 Å². The van der Waals surface area contributed by atoms with E-state index in [0.717, 1.165) is 12.1 Å². The molecular formula is C16H13BrF3NO2. The maximum Gasteiger partial charge on any atom is 0.423 e. The molecule has 122 valence electrons. The monoisotopic (exact) mass is 387 g/mol. The van der Waals surface area contributed by atoms with Crippen LogP contribution in [0.15, 0.2) is 59.1 Å². The van der Waals surface area contributed by atoms with Crippen LogP contribution in [0.25, 0.3) is 0 Å². The van der Waals surface area contributed by atoms with Gasteiger partial charge in [-0.3, -0.25) is 4.79 Å². The van der Waals surface area contributed by atoms with Gasteiger partial charge in [0.05, 0.1) is 12.1 Å². The van der Waals surface area contributed by atoms with Crippen LogP contribution < -0.4 is 5.32 Å². The molecule has 0 bridgehead atoms. The summed E-state index contributed by atoms with van der Waals surface area (Å²) in [5.41, 5.74) is -3.31. The molecule has 0 aliphatic carbocycles. The van der Waals surface area contributed by atoms with Gasteiger partial charge in [-0.2, -0.15) is 13.2 Å². The van der Waals surface area contributed by atoms with E-state index in [1.807, 2.05) is 0 Å². The second-order valence-electron chi connectivity index (χ2n) is 4.89. The first-order chi connectivity index (χ1) is 10.8. The van der Waals surface area contributed by atoms with Gasteiger partial charge < -0.3 is 10.4 Å². The molecule has 0 unspecified atom stereocenters. The van der Waals surface area contributed by atoms with Crippen LogP contribution in [0.1, 0.15) is 15.9 Å². The molecule has 3 nitrogen and oxygen atoms in total. The number of hydrogen-bond donors (Lipinski definition) is 2. The van der Waals surface area contributed by atoms with Crippen molar-refractivity contribution in [2.45, 2.75) is 11.8 Å². The summed E-state index contributed by atoms with van der Waals surface area (Å²) in [6, 6.07) is 13.0. The average molecular weight is 388 g/mol. The zero-order valence-electron chi connectivity index (χ0n) is 11.8. The second-order valence-corrected chi connectivity index (χ2v) is 5.74. The summed E-state index contributed by atoms with van der Waals surface area (Å²) in [5, 5.41) is 12.3. The molecule has 0 aromatic heterocycles. The zero-order valence-corrected chi connectivity index (χ0v) is 13.4. The number of halogens is 4. The number of alkyl halides is 3. The predicted molar refractivity (Wildman–Crippen MR) is 82.9 cm³/mol. The number of benzene rings is 2. The zero-order chi connectivity index (χ0) is 17.1. The Morgan fingerprint density at radius 1 is 1.04 bits per heavy atom. The van der Waals surface area contributed by atoms with E-state index in [0.29, 0.717) is 4.47 Å². The summed E-state index contributed by atoms with van der Waals surface area (Å²) in [4.78, 5) is 12.1. The van der Waals surface area contributed by atoms with Crippen LogP contribution in [0.5, 0.6) is 0 Å². The van der Waals surface area contributed by atoms with Crippen LogP contribution in [0.3, 0.4) is 0 Å². The van der Waals surface area contributed by atoms with E-state index >= 15 is 0 Å². The van der Waals surface area contributed by atoms with E-state index in [2.05, 4.69) is 21.2 Å². The van der Waals surface area contributed by atoms with Gasteiger partial charge in [-0.25, -0.2) is 0 Å². The predicted octanol–water partition coefficient (Wildman–Crippen LogP) is 3.63. The molecule has 0 radical (unpaired) electrons. The van der Waals surface area contributed by atoms with Crippen molar-refractivity contribution in [1.82, 2.24) is 5.32 Å². The Hall–Kier alpha value is -1.86. The van der Waals surface area contributed by atoms with Gasteiger partial charge in [-0.05, 0) is 33.6 Å². The Labute approximate surface area is 139 Å². The quantitative estimate of drug-likeness (QED) is 0.841. The van der Waals surface area contributed by atoms with Gasteiger partial charge in [0.25, 0.3) is 5.91 Å². The number of hydrogen-bond acceptors (Lipinski definition) is 2. The summed E-state index contributed by atoms with van der Waals surface area (Å²) in [6.45, 7) is -0.985. The number of nitrogens with one attached hydrogen (secondary N) is 1. The van der Waals surface area contributed by atoms with Gasteiger partial charge in [0.2, 0.25) is 5.60 Å². The van der Waals surface area contributed by atoms with E-state index in [4.69, 9.17) is 0 Å². The normalized spacial score (nSPS) is 14.1. The van der Waals surface area contributed by atoms with Gasteiger partial charge in [-0.1, -0.05) is 42.5 Å². The molecule has 1 atom stereocenters. The number of carbonyl (C=O) groups excluding carboxylic acids is 1. The maximum absolute atomic E-state index is 13.3. The summed E-state index contributed by atoms with van der Waals surface area (Å²) in [5.74, 6) is -0.712. The lowest BCUT2D eigenvalue weighted by Crippen LogP contribution is -2.51. The first kappa shape index (κ1) is 17.5. The molecule has 0 saturated heterocycles. The molecule has 23 heavy (non-hydrogen) atoms. The van der Waals surface area contributed by atoms with Crippen molar-refractivity contribution in [3.63, 3.8) is 0 Å². The fraction of sp³-hybridized carbons (Fsp3) is 0.188. The van der Waals surface area contributed by atoms with Crippen LogP contribution >= 0.6 is 15.9 Å². The Morgan fingerprint density at radius 3 is 2.17 bits per heavy atom. The maximum atomic E-state index is 13.3. The highest BCUT2D eigenvalue weighted by Crippen LogP contribution is 2.38. The molecular weight excluding hydrogens is 375 g/mol. The second kappa shape index (κ2) is 6.72. The van der Waals surface area contributed by atoms with Crippen LogP contribution in [-0.4, -0.2) is 23.7 Å². The largest absolute Gasteiger partial charge is 0.423 e. The summed E-state index contributed by atoms with van der Waals surface area (Å²) < 4.78 is 40.4. The van der Waals surface area contributed by atoms with Crippen LogP contribution in [0, 0.1) is 0 Å². The van der Waals surface area contributed by atoms with Crippen LogP contribution in [0.2, 0.25) is 0 Å². The number of aliphatic hydroxyl groups is 1. The number of rotatable bonds is 4. The Bertz CT molecular complexity index is 691. The molecule has 7 heteroatoms. The molecule has 2 N–H and O–H groups in total. The van der Waals surface area contributed by atoms with Crippen molar-refractivity contribution in [2.24, 2.45) is 0 Å². The molecule has 0 aliphatic heterocycles. The van der Waals surface area contributed by atoms with Crippen molar-refractivity contribution < 1.29 is 23.1 Å². The minimum atomic E-state index is -4.93. The van der Waals surface area contributed by atoms with E-state index in [1.54, 1.807) is 24.3 Å². The highest BCUT2D eigenvalue weighted by Gasteiger charge is 2.55. The van der Waals surface area contributed by atoms with Gasteiger partial charge >= 0.3 is 6.18 Å². The minimum absolute atomic E-state index is 0.185. The Balaban J connectivity index is 2.24. The van der Waals surface area contributed by atoms with Crippen LogP contribution in [0.4, 0.5) is 13.2 Å². The third-order valence-corrected chi connectivity index (χ3v) is 4.04. The molecule has 2 aromatic rings. The SMILES string of the molecule is O=C(NC[C@](O)(c1ccccc1)C(F)(F)F)c1ccccc1Br. The molecule has 1 amide bonds. The molecule has 0 saturated carbocycles. The minimum Gasteiger partial charge on any atom is -0.375 e. The van der Waals surface area contributed by atoms with Crippen molar-refractivity contribution in [2.75, 3.05) is 6.54 Å². The summed E-state index contributed by atoms with van der Waals surface area (Å²) in [7, 11) is 0. The fourth-order valence-corrected chi connectivity index (χ4v) is 2.49. The van der Waals surface area contributed by atoms with Gasteiger partial charge in [-0.15, -0.1) is 0 Å². The lowest BCUT2D eigenvalue weighted by molar-refractivity contribution is -0.263. The smallest absolute Gasteiger partial charge is 0.375 e. The van der Waals surface area contributed by atoms with Gasteiger partial charge in [0, 0.05) is 4.47 Å². The van der Waals surface area contributed by atoms with Gasteiger partial charge in [0.15, 0.2) is 0 Å². The van der Waals surface area contributed by atoms with Crippen molar-refractivity contribution in [1.29, 1.82) is 0 Å². The first-order valence-electron chi connectivity index (χ1n) is 6.63. The number of amides is 1. The van der Waals surface area contributed by atoms with E-state index in [9.17, 15) is 23.1 Å².